The van der Waals surface area contributed by atoms with Gasteiger partial charge >= 0.3 is 12.3 Å². The predicted octanol–water partition coefficient (Wildman–Crippen LogP) is 1.44. The van der Waals surface area contributed by atoms with E-state index in [2.05, 4.69) is 9.97 Å². The van der Waals surface area contributed by atoms with Gasteiger partial charge in [0.1, 0.15) is 5.82 Å². The van der Waals surface area contributed by atoms with Gasteiger partial charge in [0.15, 0.2) is 5.69 Å². The third-order valence-corrected chi connectivity index (χ3v) is 3.71. The number of anilines is 1. The van der Waals surface area contributed by atoms with E-state index in [0.717, 1.165) is 6.20 Å². The molecule has 2 fully saturated rings. The van der Waals surface area contributed by atoms with E-state index in [4.69, 9.17) is 5.11 Å². The first kappa shape index (κ1) is 12.9. The van der Waals surface area contributed by atoms with Gasteiger partial charge in [-0.25, -0.2) is 14.8 Å². The van der Waals surface area contributed by atoms with Gasteiger partial charge in [-0.3, -0.25) is 0 Å². The number of amides is 1. The van der Waals surface area contributed by atoms with Gasteiger partial charge in [-0.15, -0.1) is 0 Å². The number of carbonyl (C=O) groups is 1. The van der Waals surface area contributed by atoms with Crippen LogP contribution in [0.3, 0.4) is 0 Å². The second-order valence-corrected chi connectivity index (χ2v) is 4.89. The minimum Gasteiger partial charge on any atom is -0.465 e. The van der Waals surface area contributed by atoms with Gasteiger partial charge in [0.25, 0.3) is 0 Å². The second-order valence-electron chi connectivity index (χ2n) is 4.89. The van der Waals surface area contributed by atoms with Crippen LogP contribution in [0.4, 0.5) is 23.8 Å². The topological polar surface area (TPSA) is 69.6 Å². The molecule has 6 nitrogen and oxygen atoms in total. The van der Waals surface area contributed by atoms with Crippen LogP contribution in [0.1, 0.15) is 12.1 Å². The molecule has 1 amide bonds. The number of alkyl halides is 3. The molecule has 108 valence electrons. The lowest BCUT2D eigenvalue weighted by atomic mass is 10.2. The SMILES string of the molecule is O=C(O)N1C[C@H]2C[C@@H]1CN2c1cnc(C(F)(F)F)cn1. The van der Waals surface area contributed by atoms with Crippen molar-refractivity contribution < 1.29 is 23.1 Å². The molecule has 0 saturated carbocycles. The van der Waals surface area contributed by atoms with Crippen molar-refractivity contribution in [1.29, 1.82) is 0 Å². The van der Waals surface area contributed by atoms with Gasteiger partial charge < -0.3 is 14.9 Å². The Bertz CT molecular complexity index is 533. The molecule has 2 aliphatic heterocycles. The number of piperazine rings is 1. The number of aromatic nitrogens is 2. The molecule has 0 spiro atoms. The molecule has 20 heavy (non-hydrogen) atoms. The molecular formula is C11H11F3N4O2. The van der Waals surface area contributed by atoms with Crippen molar-refractivity contribution in [2.24, 2.45) is 0 Å². The summed E-state index contributed by atoms with van der Waals surface area (Å²) < 4.78 is 37.2. The lowest BCUT2D eigenvalue weighted by Crippen LogP contribution is -2.48. The molecular weight excluding hydrogens is 277 g/mol. The number of nitrogens with zero attached hydrogens (tertiary/aromatic N) is 4. The summed E-state index contributed by atoms with van der Waals surface area (Å²) in [6, 6.07) is -0.163. The van der Waals surface area contributed by atoms with E-state index >= 15 is 0 Å². The highest BCUT2D eigenvalue weighted by Gasteiger charge is 2.46. The molecule has 0 aliphatic carbocycles. The Balaban J connectivity index is 1.75. The highest BCUT2D eigenvalue weighted by atomic mass is 19.4. The Morgan fingerprint density at radius 1 is 1.25 bits per heavy atom. The van der Waals surface area contributed by atoms with Crippen molar-refractivity contribution in [1.82, 2.24) is 14.9 Å². The maximum Gasteiger partial charge on any atom is 0.434 e. The first-order chi connectivity index (χ1) is 9.36. The Morgan fingerprint density at radius 2 is 2.00 bits per heavy atom. The first-order valence-corrected chi connectivity index (χ1v) is 6.01. The van der Waals surface area contributed by atoms with Crippen LogP contribution in [0.2, 0.25) is 0 Å². The highest BCUT2D eigenvalue weighted by molar-refractivity contribution is 5.67. The number of fused-ring (bicyclic) bond motifs is 2. The Labute approximate surface area is 111 Å². The normalized spacial score (nSPS) is 25.4. The van der Waals surface area contributed by atoms with Crippen molar-refractivity contribution in [2.75, 3.05) is 18.0 Å². The monoisotopic (exact) mass is 288 g/mol. The van der Waals surface area contributed by atoms with Crippen LogP contribution in [-0.4, -0.2) is 51.2 Å². The fourth-order valence-corrected chi connectivity index (χ4v) is 2.80. The molecule has 1 N–H and O–H groups in total. The minimum absolute atomic E-state index is 0.0397. The second kappa shape index (κ2) is 4.22. The largest absolute Gasteiger partial charge is 0.465 e. The van der Waals surface area contributed by atoms with Gasteiger partial charge in [-0.1, -0.05) is 0 Å². The van der Waals surface area contributed by atoms with Crippen LogP contribution in [0, 0.1) is 0 Å². The molecule has 2 atom stereocenters. The molecule has 1 aromatic heterocycles. The minimum atomic E-state index is -4.50. The van der Waals surface area contributed by atoms with Crippen molar-refractivity contribution in [3.63, 3.8) is 0 Å². The average Bonchev–Trinajstić information content (AvgIpc) is 2.97. The maximum atomic E-state index is 12.4. The van der Waals surface area contributed by atoms with E-state index < -0.39 is 18.0 Å². The summed E-state index contributed by atoms with van der Waals surface area (Å²) in [6.07, 6.45) is -2.99. The average molecular weight is 288 g/mol. The van der Waals surface area contributed by atoms with Crippen molar-refractivity contribution in [3.8, 4) is 0 Å². The number of hydrogen-bond acceptors (Lipinski definition) is 4. The van der Waals surface area contributed by atoms with E-state index in [9.17, 15) is 18.0 Å². The molecule has 0 unspecified atom stereocenters. The molecule has 0 radical (unpaired) electrons. The van der Waals surface area contributed by atoms with Crippen LogP contribution in [0.25, 0.3) is 0 Å². The van der Waals surface area contributed by atoms with E-state index in [0.29, 0.717) is 31.5 Å². The number of likely N-dealkylation sites (tertiary alicyclic amines) is 1. The highest BCUT2D eigenvalue weighted by Crippen LogP contribution is 2.34. The zero-order chi connectivity index (χ0) is 14.5. The summed E-state index contributed by atoms with van der Waals surface area (Å²) in [5.74, 6) is 0.357. The summed E-state index contributed by atoms with van der Waals surface area (Å²) in [6.45, 7) is 0.791. The van der Waals surface area contributed by atoms with Crippen molar-refractivity contribution in [2.45, 2.75) is 24.7 Å². The van der Waals surface area contributed by atoms with Crippen LogP contribution in [0.15, 0.2) is 12.4 Å². The Kier molecular flexibility index (Phi) is 2.73. The molecule has 2 aliphatic rings. The van der Waals surface area contributed by atoms with Crippen LogP contribution in [0.5, 0.6) is 0 Å². The summed E-state index contributed by atoms with van der Waals surface area (Å²) >= 11 is 0. The molecule has 9 heteroatoms. The van der Waals surface area contributed by atoms with E-state index in [-0.39, 0.29) is 12.1 Å². The first-order valence-electron chi connectivity index (χ1n) is 6.01. The van der Waals surface area contributed by atoms with E-state index in [1.807, 2.05) is 4.90 Å². The molecule has 3 rings (SSSR count). The summed E-state index contributed by atoms with van der Waals surface area (Å²) in [5, 5.41) is 8.97. The summed E-state index contributed by atoms with van der Waals surface area (Å²) in [5.41, 5.74) is -1.03. The molecule has 1 aromatic rings. The fraction of sp³-hybridized carbons (Fsp3) is 0.545. The third-order valence-electron chi connectivity index (χ3n) is 3.71. The van der Waals surface area contributed by atoms with Gasteiger partial charge in [0.05, 0.1) is 24.5 Å². The van der Waals surface area contributed by atoms with Crippen LogP contribution in [-0.2, 0) is 6.18 Å². The number of halogens is 3. The zero-order valence-electron chi connectivity index (χ0n) is 10.2. The van der Waals surface area contributed by atoms with Gasteiger partial charge in [0, 0.05) is 13.1 Å². The zero-order valence-corrected chi connectivity index (χ0v) is 10.2. The predicted molar refractivity (Wildman–Crippen MR) is 61.3 cm³/mol. The molecule has 0 aromatic carbocycles. The van der Waals surface area contributed by atoms with Crippen molar-refractivity contribution >= 4 is 11.9 Å². The lowest BCUT2D eigenvalue weighted by molar-refractivity contribution is -0.141. The molecule has 2 saturated heterocycles. The number of rotatable bonds is 1. The number of hydrogen-bond donors (Lipinski definition) is 1. The fourth-order valence-electron chi connectivity index (χ4n) is 2.80. The lowest BCUT2D eigenvalue weighted by Gasteiger charge is -2.33. The molecule has 2 bridgehead atoms. The summed E-state index contributed by atoms with van der Waals surface area (Å²) in [4.78, 5) is 21.3. The van der Waals surface area contributed by atoms with Crippen molar-refractivity contribution in [3.05, 3.63) is 18.1 Å². The van der Waals surface area contributed by atoms with Gasteiger partial charge in [-0.05, 0) is 6.42 Å². The van der Waals surface area contributed by atoms with Gasteiger partial charge in [-0.2, -0.15) is 13.2 Å². The maximum absolute atomic E-state index is 12.4. The van der Waals surface area contributed by atoms with Crippen LogP contribution < -0.4 is 4.90 Å². The summed E-state index contributed by atoms with van der Waals surface area (Å²) in [7, 11) is 0. The van der Waals surface area contributed by atoms with E-state index in [1.165, 1.54) is 4.90 Å². The Morgan fingerprint density at radius 3 is 2.45 bits per heavy atom. The Hall–Kier alpha value is -2.06. The quantitative estimate of drug-likeness (QED) is 0.846. The standard InChI is InChI=1S/C11H11F3N4O2/c12-11(13,14)8-2-16-9(3-15-8)17-4-7-1-6(17)5-18(7)10(19)20/h2-3,6-7H,1,4-5H2,(H,19,20)/t6-,7-/m1/s1. The van der Waals surface area contributed by atoms with Crippen LogP contribution >= 0.6 is 0 Å². The molecule has 3 heterocycles. The third kappa shape index (κ3) is 2.02. The number of carboxylic acid groups (broad SMARTS) is 1. The van der Waals surface area contributed by atoms with Gasteiger partial charge in [0.2, 0.25) is 0 Å². The smallest absolute Gasteiger partial charge is 0.434 e. The van der Waals surface area contributed by atoms with E-state index in [1.54, 1.807) is 0 Å².